The zero-order valence-electron chi connectivity index (χ0n) is 11.2. The summed E-state index contributed by atoms with van der Waals surface area (Å²) in [5.74, 6) is -0.119. The molecule has 0 saturated heterocycles. The number of hydrogen-bond acceptors (Lipinski definition) is 1. The van der Waals surface area contributed by atoms with Gasteiger partial charge in [-0.3, -0.25) is 0 Å². The summed E-state index contributed by atoms with van der Waals surface area (Å²) in [6.07, 6.45) is 0.615. The molecular formula is C16H16BrClFN. The van der Waals surface area contributed by atoms with Crippen molar-refractivity contribution in [2.24, 2.45) is 0 Å². The predicted molar refractivity (Wildman–Crippen MR) is 85.9 cm³/mol. The third kappa shape index (κ3) is 3.60. The molecule has 106 valence electrons. The van der Waals surface area contributed by atoms with E-state index in [0.717, 1.165) is 6.54 Å². The summed E-state index contributed by atoms with van der Waals surface area (Å²) < 4.78 is 14.8. The summed E-state index contributed by atoms with van der Waals surface area (Å²) in [5, 5.41) is 3.32. The zero-order chi connectivity index (χ0) is 14.5. The Bertz CT molecular complexity index is 574. The number of nitrogens with one attached hydrogen (secondary N) is 1. The molecule has 0 spiro atoms. The Labute approximate surface area is 132 Å². The molecule has 0 amide bonds. The summed E-state index contributed by atoms with van der Waals surface area (Å²) >= 11 is 9.19. The van der Waals surface area contributed by atoms with E-state index in [1.807, 2.05) is 25.2 Å². The minimum Gasteiger partial charge on any atom is -0.319 e. The summed E-state index contributed by atoms with van der Waals surface area (Å²) in [7, 11) is 1.90. The van der Waals surface area contributed by atoms with Crippen LogP contribution in [0.1, 0.15) is 17.0 Å². The molecule has 1 atom stereocenters. The minimum absolute atomic E-state index is 0.152. The topological polar surface area (TPSA) is 12.0 Å². The molecule has 0 aromatic heterocycles. The Morgan fingerprint density at radius 1 is 1.20 bits per heavy atom. The zero-order valence-corrected chi connectivity index (χ0v) is 13.5. The van der Waals surface area contributed by atoms with Crippen molar-refractivity contribution >= 4 is 27.5 Å². The first kappa shape index (κ1) is 15.5. The lowest BCUT2D eigenvalue weighted by Gasteiger charge is -2.18. The number of hydrogen-bond donors (Lipinski definition) is 1. The molecule has 0 aliphatic heterocycles. The Kier molecular flexibility index (Phi) is 5.58. The van der Waals surface area contributed by atoms with Crippen LogP contribution in [0.5, 0.6) is 0 Å². The number of halogens is 3. The number of likely N-dealkylation sites (N-methyl/N-ethyl adjacent to an activating group) is 1. The van der Waals surface area contributed by atoms with Crippen LogP contribution in [0, 0.1) is 5.82 Å². The molecule has 1 N–H and O–H groups in total. The van der Waals surface area contributed by atoms with Gasteiger partial charge in [0.15, 0.2) is 0 Å². The third-order valence-corrected chi connectivity index (χ3v) is 4.56. The summed E-state index contributed by atoms with van der Waals surface area (Å²) in [4.78, 5) is 0. The lowest BCUT2D eigenvalue weighted by Crippen LogP contribution is -2.19. The Hall–Kier alpha value is -0.900. The van der Waals surface area contributed by atoms with E-state index in [9.17, 15) is 4.39 Å². The highest BCUT2D eigenvalue weighted by Crippen LogP contribution is 2.30. The molecule has 4 heteroatoms. The molecule has 1 nitrogen and oxygen atoms in total. The monoisotopic (exact) mass is 355 g/mol. The quantitative estimate of drug-likeness (QED) is 0.760. The summed E-state index contributed by atoms with van der Waals surface area (Å²) in [6, 6.07) is 13.7. The molecule has 0 aliphatic rings. The second-order valence-electron chi connectivity index (χ2n) is 4.70. The SMILES string of the molecule is CNCC(Cc1ccc(Br)c(Cl)c1F)c1ccccc1. The van der Waals surface area contributed by atoms with Crippen LogP contribution in [0.4, 0.5) is 4.39 Å². The minimum atomic E-state index is -0.335. The molecule has 0 fully saturated rings. The van der Waals surface area contributed by atoms with Gasteiger partial charge in [0.2, 0.25) is 0 Å². The molecule has 2 aromatic rings. The second kappa shape index (κ2) is 7.21. The van der Waals surface area contributed by atoms with Crippen molar-refractivity contribution in [3.8, 4) is 0 Å². The first-order valence-electron chi connectivity index (χ1n) is 6.45. The third-order valence-electron chi connectivity index (χ3n) is 3.30. The van der Waals surface area contributed by atoms with Crippen molar-refractivity contribution in [1.29, 1.82) is 0 Å². The highest BCUT2D eigenvalue weighted by atomic mass is 79.9. The van der Waals surface area contributed by atoms with Gasteiger partial charge < -0.3 is 5.32 Å². The Balaban J connectivity index is 2.27. The van der Waals surface area contributed by atoms with E-state index in [0.29, 0.717) is 16.5 Å². The van der Waals surface area contributed by atoms with Crippen molar-refractivity contribution in [3.63, 3.8) is 0 Å². The van der Waals surface area contributed by atoms with Crippen LogP contribution in [0.3, 0.4) is 0 Å². The average Bonchev–Trinajstić information content (AvgIpc) is 2.48. The van der Waals surface area contributed by atoms with Crippen LogP contribution in [0.15, 0.2) is 46.9 Å². The van der Waals surface area contributed by atoms with Crippen LogP contribution in [-0.4, -0.2) is 13.6 Å². The molecule has 2 rings (SSSR count). The fourth-order valence-corrected chi connectivity index (χ4v) is 2.76. The fraction of sp³-hybridized carbons (Fsp3) is 0.250. The van der Waals surface area contributed by atoms with Gasteiger partial charge in [-0.2, -0.15) is 0 Å². The molecular weight excluding hydrogens is 341 g/mol. The van der Waals surface area contributed by atoms with E-state index in [1.54, 1.807) is 12.1 Å². The molecule has 0 saturated carbocycles. The fourth-order valence-electron chi connectivity index (χ4n) is 2.27. The molecule has 0 heterocycles. The number of benzene rings is 2. The maximum absolute atomic E-state index is 14.2. The van der Waals surface area contributed by atoms with Crippen molar-refractivity contribution in [3.05, 3.63) is 68.9 Å². The smallest absolute Gasteiger partial charge is 0.146 e. The highest BCUT2D eigenvalue weighted by Gasteiger charge is 2.16. The van der Waals surface area contributed by atoms with Gasteiger partial charge in [-0.05, 0) is 46.6 Å². The Morgan fingerprint density at radius 2 is 1.90 bits per heavy atom. The van der Waals surface area contributed by atoms with Crippen molar-refractivity contribution in [1.82, 2.24) is 5.32 Å². The largest absolute Gasteiger partial charge is 0.319 e. The van der Waals surface area contributed by atoms with Gasteiger partial charge in [0.1, 0.15) is 5.82 Å². The van der Waals surface area contributed by atoms with Gasteiger partial charge in [-0.25, -0.2) is 4.39 Å². The normalized spacial score (nSPS) is 12.4. The van der Waals surface area contributed by atoms with Crippen molar-refractivity contribution in [2.75, 3.05) is 13.6 Å². The van der Waals surface area contributed by atoms with Gasteiger partial charge in [0.25, 0.3) is 0 Å². The average molecular weight is 357 g/mol. The molecule has 0 aliphatic carbocycles. The van der Waals surface area contributed by atoms with Crippen LogP contribution in [-0.2, 0) is 6.42 Å². The van der Waals surface area contributed by atoms with Crippen molar-refractivity contribution in [2.45, 2.75) is 12.3 Å². The predicted octanol–water partition coefficient (Wildman–Crippen LogP) is 4.79. The molecule has 20 heavy (non-hydrogen) atoms. The van der Waals surface area contributed by atoms with E-state index in [-0.39, 0.29) is 16.8 Å². The van der Waals surface area contributed by atoms with Gasteiger partial charge in [0.05, 0.1) is 5.02 Å². The van der Waals surface area contributed by atoms with Gasteiger partial charge >= 0.3 is 0 Å². The van der Waals surface area contributed by atoms with Gasteiger partial charge in [0, 0.05) is 16.9 Å². The molecule has 0 bridgehead atoms. The van der Waals surface area contributed by atoms with E-state index in [1.165, 1.54) is 5.56 Å². The van der Waals surface area contributed by atoms with E-state index in [4.69, 9.17) is 11.6 Å². The maximum atomic E-state index is 14.2. The van der Waals surface area contributed by atoms with E-state index >= 15 is 0 Å². The second-order valence-corrected chi connectivity index (χ2v) is 5.94. The van der Waals surface area contributed by atoms with Crippen molar-refractivity contribution < 1.29 is 4.39 Å². The van der Waals surface area contributed by atoms with Crippen LogP contribution >= 0.6 is 27.5 Å². The summed E-state index contributed by atoms with van der Waals surface area (Å²) in [5.41, 5.74) is 1.84. The molecule has 2 aromatic carbocycles. The lowest BCUT2D eigenvalue weighted by atomic mass is 9.91. The van der Waals surface area contributed by atoms with Crippen LogP contribution in [0.2, 0.25) is 5.02 Å². The first-order chi connectivity index (χ1) is 9.63. The van der Waals surface area contributed by atoms with E-state index < -0.39 is 0 Å². The van der Waals surface area contributed by atoms with Crippen LogP contribution < -0.4 is 5.32 Å². The Morgan fingerprint density at radius 3 is 2.55 bits per heavy atom. The van der Waals surface area contributed by atoms with Gasteiger partial charge in [-0.15, -0.1) is 0 Å². The highest BCUT2D eigenvalue weighted by molar-refractivity contribution is 9.10. The summed E-state index contributed by atoms with van der Waals surface area (Å²) in [6.45, 7) is 0.789. The standard InChI is InChI=1S/C16H16BrClFN/c1-20-10-13(11-5-3-2-4-6-11)9-12-7-8-14(17)15(18)16(12)19/h2-8,13,20H,9-10H2,1H3. The lowest BCUT2D eigenvalue weighted by molar-refractivity contribution is 0.574. The van der Waals surface area contributed by atoms with Crippen LogP contribution in [0.25, 0.3) is 0 Å². The molecule has 1 unspecified atom stereocenters. The first-order valence-corrected chi connectivity index (χ1v) is 7.62. The van der Waals surface area contributed by atoms with E-state index in [2.05, 4.69) is 33.4 Å². The molecule has 0 radical (unpaired) electrons. The maximum Gasteiger partial charge on any atom is 0.146 e. The number of rotatable bonds is 5. The van der Waals surface area contributed by atoms with Gasteiger partial charge in [-0.1, -0.05) is 48.0 Å².